The average Bonchev–Trinajstić information content (AvgIpc) is 3.05. The molecule has 1 aliphatic heterocycles. The number of methoxy groups -OCH3 is 4. The Morgan fingerprint density at radius 3 is 1.86 bits per heavy atom. The monoisotopic (exact) mass is 615 g/mol. The number of carbonyl (C=O) groups is 2. The zero-order valence-electron chi connectivity index (χ0n) is 25.1. The van der Waals surface area contributed by atoms with Crippen molar-refractivity contribution in [3.05, 3.63) is 71.8 Å². The van der Waals surface area contributed by atoms with Crippen molar-refractivity contribution in [1.29, 1.82) is 0 Å². The molecule has 0 bridgehead atoms. The Hall–Kier alpha value is -4.61. The highest BCUT2D eigenvalue weighted by molar-refractivity contribution is 5.96. The molecule has 1 fully saturated rings. The van der Waals surface area contributed by atoms with E-state index in [1.54, 1.807) is 41.2 Å². The first-order valence-electron chi connectivity index (χ1n) is 14.0. The van der Waals surface area contributed by atoms with Gasteiger partial charge in [0.1, 0.15) is 5.75 Å². The smallest absolute Gasteiger partial charge is 0.416 e. The van der Waals surface area contributed by atoms with Crippen LogP contribution < -0.4 is 28.7 Å². The molecule has 0 saturated carbocycles. The van der Waals surface area contributed by atoms with Gasteiger partial charge in [0.2, 0.25) is 17.6 Å². The summed E-state index contributed by atoms with van der Waals surface area (Å²) in [5.74, 6) is 1.41. The quantitative estimate of drug-likeness (QED) is 0.286. The lowest BCUT2D eigenvalue weighted by Crippen LogP contribution is -2.49. The van der Waals surface area contributed by atoms with Gasteiger partial charge in [-0.2, -0.15) is 13.2 Å². The fraction of sp³-hybridized carbons (Fsp3) is 0.375. The lowest BCUT2D eigenvalue weighted by Gasteiger charge is -2.36. The number of rotatable bonds is 11. The van der Waals surface area contributed by atoms with E-state index >= 15 is 0 Å². The first-order valence-corrected chi connectivity index (χ1v) is 14.0. The molecule has 1 heterocycles. The molecule has 0 radical (unpaired) electrons. The van der Waals surface area contributed by atoms with E-state index in [4.69, 9.17) is 18.9 Å². The molecule has 1 saturated heterocycles. The molecule has 1 aliphatic rings. The van der Waals surface area contributed by atoms with Crippen LogP contribution in [0.3, 0.4) is 0 Å². The summed E-state index contributed by atoms with van der Waals surface area (Å²) >= 11 is 0. The standard InChI is InChI=1S/C32H36F3N3O6/c1-41-26-11-5-22(6-12-26)21-38(25-19-27(42-2)31(44-4)28(20-25)43-3)30(40)14-13-29(39)37-17-15-36(16-18-37)24-9-7-23(8-10-24)32(33,34)35/h5-12,19-20H,13-18,21H2,1-4H3. The summed E-state index contributed by atoms with van der Waals surface area (Å²) in [5, 5.41) is 0. The minimum absolute atomic E-state index is 0.00263. The summed E-state index contributed by atoms with van der Waals surface area (Å²) in [6, 6.07) is 15.7. The van der Waals surface area contributed by atoms with E-state index in [9.17, 15) is 22.8 Å². The van der Waals surface area contributed by atoms with Crippen molar-refractivity contribution in [2.45, 2.75) is 25.6 Å². The van der Waals surface area contributed by atoms with Crippen LogP contribution in [0.5, 0.6) is 23.0 Å². The number of amides is 2. The van der Waals surface area contributed by atoms with Crippen molar-refractivity contribution in [3.63, 3.8) is 0 Å². The van der Waals surface area contributed by atoms with Gasteiger partial charge in [-0.3, -0.25) is 9.59 Å². The van der Waals surface area contributed by atoms with Crippen molar-refractivity contribution in [2.75, 3.05) is 64.4 Å². The van der Waals surface area contributed by atoms with E-state index in [2.05, 4.69) is 0 Å². The Morgan fingerprint density at radius 2 is 1.36 bits per heavy atom. The van der Waals surface area contributed by atoms with Crippen LogP contribution in [0.1, 0.15) is 24.0 Å². The van der Waals surface area contributed by atoms with Gasteiger partial charge in [0.25, 0.3) is 0 Å². The number of anilines is 2. The predicted molar refractivity (Wildman–Crippen MR) is 160 cm³/mol. The number of benzene rings is 3. The topological polar surface area (TPSA) is 80.8 Å². The minimum atomic E-state index is -4.39. The van der Waals surface area contributed by atoms with Crippen molar-refractivity contribution in [1.82, 2.24) is 4.90 Å². The summed E-state index contributed by atoms with van der Waals surface area (Å²) in [7, 11) is 6.06. The number of ether oxygens (including phenoxy) is 4. The zero-order valence-corrected chi connectivity index (χ0v) is 25.1. The van der Waals surface area contributed by atoms with Gasteiger partial charge in [0, 0.05) is 56.8 Å². The largest absolute Gasteiger partial charge is 0.497 e. The number of carbonyl (C=O) groups excluding carboxylic acids is 2. The van der Waals surface area contributed by atoms with Gasteiger partial charge in [-0.15, -0.1) is 0 Å². The van der Waals surface area contributed by atoms with Crippen LogP contribution in [0.2, 0.25) is 0 Å². The molecule has 0 unspecified atom stereocenters. The number of hydrogen-bond acceptors (Lipinski definition) is 7. The fourth-order valence-electron chi connectivity index (χ4n) is 5.04. The van der Waals surface area contributed by atoms with Crippen LogP contribution in [0.4, 0.5) is 24.5 Å². The van der Waals surface area contributed by atoms with Crippen molar-refractivity contribution in [2.24, 2.45) is 0 Å². The third-order valence-electron chi connectivity index (χ3n) is 7.51. The van der Waals surface area contributed by atoms with Crippen molar-refractivity contribution >= 4 is 23.2 Å². The molecule has 0 spiro atoms. The van der Waals surface area contributed by atoms with Gasteiger partial charge >= 0.3 is 6.18 Å². The lowest BCUT2D eigenvalue weighted by molar-refractivity contribution is -0.137. The van der Waals surface area contributed by atoms with Crippen LogP contribution in [0.15, 0.2) is 60.7 Å². The van der Waals surface area contributed by atoms with Crippen molar-refractivity contribution in [3.8, 4) is 23.0 Å². The van der Waals surface area contributed by atoms with Gasteiger partial charge in [-0.1, -0.05) is 12.1 Å². The molecule has 3 aromatic carbocycles. The second-order valence-corrected chi connectivity index (χ2v) is 10.1. The Balaban J connectivity index is 1.44. The summed E-state index contributed by atoms with van der Waals surface area (Å²) < 4.78 is 60.4. The van der Waals surface area contributed by atoms with E-state index in [-0.39, 0.29) is 31.2 Å². The summed E-state index contributed by atoms with van der Waals surface area (Å²) in [6.07, 6.45) is -4.43. The highest BCUT2D eigenvalue weighted by Crippen LogP contribution is 2.41. The molecule has 0 atom stereocenters. The zero-order chi connectivity index (χ0) is 31.9. The summed E-state index contributed by atoms with van der Waals surface area (Å²) in [4.78, 5) is 32.0. The second kappa shape index (κ2) is 14.2. The molecular weight excluding hydrogens is 579 g/mol. The third-order valence-corrected chi connectivity index (χ3v) is 7.51. The Kier molecular flexibility index (Phi) is 10.5. The summed E-state index contributed by atoms with van der Waals surface area (Å²) in [5.41, 5.74) is 1.32. The Morgan fingerprint density at radius 1 is 0.773 bits per heavy atom. The third kappa shape index (κ3) is 7.66. The molecular formula is C32H36F3N3O6. The molecule has 12 heteroatoms. The van der Waals surface area contributed by atoms with Crippen LogP contribution in [0, 0.1) is 0 Å². The maximum atomic E-state index is 13.7. The second-order valence-electron chi connectivity index (χ2n) is 10.1. The number of alkyl halides is 3. The summed E-state index contributed by atoms with van der Waals surface area (Å²) in [6.45, 7) is 1.97. The van der Waals surface area contributed by atoms with E-state index in [0.29, 0.717) is 60.6 Å². The number of halogens is 3. The molecule has 2 amide bonds. The number of piperazine rings is 1. The fourth-order valence-corrected chi connectivity index (χ4v) is 5.04. The number of nitrogens with zero attached hydrogens (tertiary/aromatic N) is 3. The lowest BCUT2D eigenvalue weighted by atomic mass is 10.1. The van der Waals surface area contributed by atoms with E-state index in [1.807, 2.05) is 17.0 Å². The van der Waals surface area contributed by atoms with Crippen LogP contribution in [0.25, 0.3) is 0 Å². The number of hydrogen-bond donors (Lipinski definition) is 0. The van der Waals surface area contributed by atoms with E-state index < -0.39 is 11.7 Å². The normalized spacial score (nSPS) is 13.3. The maximum absolute atomic E-state index is 13.7. The highest BCUT2D eigenvalue weighted by atomic mass is 19.4. The first kappa shape index (κ1) is 32.3. The first-order chi connectivity index (χ1) is 21.1. The van der Waals surface area contributed by atoms with E-state index in [1.165, 1.54) is 33.5 Å². The van der Waals surface area contributed by atoms with E-state index in [0.717, 1.165) is 17.7 Å². The molecule has 0 aromatic heterocycles. The maximum Gasteiger partial charge on any atom is 0.416 e. The van der Waals surface area contributed by atoms with Gasteiger partial charge in [-0.25, -0.2) is 0 Å². The molecule has 0 N–H and O–H groups in total. The van der Waals surface area contributed by atoms with Crippen LogP contribution in [-0.4, -0.2) is 71.3 Å². The SMILES string of the molecule is COc1ccc(CN(C(=O)CCC(=O)N2CCN(c3ccc(C(F)(F)F)cc3)CC2)c2cc(OC)c(OC)c(OC)c2)cc1. The average molecular weight is 616 g/mol. The predicted octanol–water partition coefficient (Wildman–Crippen LogP) is 5.40. The molecule has 0 aliphatic carbocycles. The van der Waals surface area contributed by atoms with Crippen LogP contribution in [-0.2, 0) is 22.3 Å². The molecule has 4 rings (SSSR count). The van der Waals surface area contributed by atoms with Crippen LogP contribution >= 0.6 is 0 Å². The highest BCUT2D eigenvalue weighted by Gasteiger charge is 2.31. The Bertz CT molecular complexity index is 1400. The molecule has 9 nitrogen and oxygen atoms in total. The molecule has 3 aromatic rings. The van der Waals surface area contributed by atoms with Crippen molar-refractivity contribution < 1.29 is 41.7 Å². The van der Waals surface area contributed by atoms with Gasteiger partial charge < -0.3 is 33.6 Å². The molecule has 236 valence electrons. The van der Waals surface area contributed by atoms with Gasteiger partial charge in [-0.05, 0) is 42.0 Å². The van der Waals surface area contributed by atoms with Gasteiger partial charge in [0.15, 0.2) is 11.5 Å². The van der Waals surface area contributed by atoms with Gasteiger partial charge in [0.05, 0.1) is 46.2 Å². The molecule has 44 heavy (non-hydrogen) atoms. The minimum Gasteiger partial charge on any atom is -0.497 e. The Labute approximate surface area is 254 Å².